The smallest absolute Gasteiger partial charge is 0.144 e. The Balaban J connectivity index is 2.53. The van der Waals surface area contributed by atoms with E-state index in [1.807, 2.05) is 0 Å². The molecule has 0 aliphatic heterocycles. The van der Waals surface area contributed by atoms with E-state index in [4.69, 9.17) is 28.3 Å². The van der Waals surface area contributed by atoms with Gasteiger partial charge in [-0.25, -0.2) is 4.98 Å². The molecule has 0 bridgehead atoms. The van der Waals surface area contributed by atoms with Gasteiger partial charge in [-0.3, -0.25) is 0 Å². The van der Waals surface area contributed by atoms with E-state index >= 15 is 0 Å². The predicted octanol–water partition coefficient (Wildman–Crippen LogP) is 3.21. The summed E-state index contributed by atoms with van der Waals surface area (Å²) in [4.78, 5) is 4.11. The summed E-state index contributed by atoms with van der Waals surface area (Å²) in [5.74, 6) is 1.07. The van der Waals surface area contributed by atoms with Crippen molar-refractivity contribution in [1.29, 1.82) is 0 Å². The van der Waals surface area contributed by atoms with E-state index in [2.05, 4.69) is 17.2 Å². The first-order valence-electron chi connectivity index (χ1n) is 5.33. The highest BCUT2D eigenvalue weighted by molar-refractivity contribution is 6.35. The van der Waals surface area contributed by atoms with Gasteiger partial charge in [0, 0.05) is 19.3 Å². The second-order valence-electron chi connectivity index (χ2n) is 3.65. The summed E-state index contributed by atoms with van der Waals surface area (Å²) in [6.45, 7) is 3.06. The predicted molar refractivity (Wildman–Crippen MR) is 68.2 cm³/mol. The molecule has 0 fully saturated rings. The van der Waals surface area contributed by atoms with Crippen LogP contribution < -0.4 is 5.32 Å². The van der Waals surface area contributed by atoms with Crippen LogP contribution in [-0.2, 0) is 0 Å². The summed E-state index contributed by atoms with van der Waals surface area (Å²) < 4.78 is 0. The third kappa shape index (κ3) is 4.16. The number of rotatable bonds is 6. The number of anilines is 1. The van der Waals surface area contributed by atoms with E-state index in [9.17, 15) is 0 Å². The molecule has 0 radical (unpaired) electrons. The maximum absolute atomic E-state index is 8.87. The average Bonchev–Trinajstić information content (AvgIpc) is 2.26. The summed E-state index contributed by atoms with van der Waals surface area (Å²) in [5.41, 5.74) is 0. The molecule has 0 aliphatic rings. The van der Waals surface area contributed by atoms with Crippen molar-refractivity contribution >= 4 is 29.0 Å². The molecule has 90 valence electrons. The fourth-order valence-corrected chi connectivity index (χ4v) is 1.87. The topological polar surface area (TPSA) is 45.1 Å². The number of aromatic nitrogens is 1. The van der Waals surface area contributed by atoms with Crippen LogP contribution in [-0.4, -0.2) is 23.2 Å². The van der Waals surface area contributed by atoms with Gasteiger partial charge >= 0.3 is 0 Å². The highest BCUT2D eigenvalue weighted by Gasteiger charge is 2.07. The highest BCUT2D eigenvalue weighted by Crippen LogP contribution is 2.23. The molecule has 1 atom stereocenters. The third-order valence-electron chi connectivity index (χ3n) is 2.48. The summed E-state index contributed by atoms with van der Waals surface area (Å²) >= 11 is 11.7. The van der Waals surface area contributed by atoms with Gasteiger partial charge in [-0.1, -0.05) is 36.5 Å². The molecular formula is C11H16Cl2N2O. The third-order valence-corrected chi connectivity index (χ3v) is 2.98. The van der Waals surface area contributed by atoms with Crippen LogP contribution in [0.2, 0.25) is 10.0 Å². The second-order valence-corrected chi connectivity index (χ2v) is 4.50. The Morgan fingerprint density at radius 2 is 2.25 bits per heavy atom. The molecule has 1 aromatic heterocycles. The van der Waals surface area contributed by atoms with Gasteiger partial charge in [0.15, 0.2) is 0 Å². The summed E-state index contributed by atoms with van der Waals surface area (Å²) in [6, 6.07) is 1.66. The van der Waals surface area contributed by atoms with Crippen LogP contribution in [0.3, 0.4) is 0 Å². The van der Waals surface area contributed by atoms with Gasteiger partial charge in [0.25, 0.3) is 0 Å². The lowest BCUT2D eigenvalue weighted by atomic mass is 10.0. The van der Waals surface area contributed by atoms with Crippen molar-refractivity contribution in [1.82, 2.24) is 4.98 Å². The molecule has 0 saturated carbocycles. The molecule has 16 heavy (non-hydrogen) atoms. The maximum Gasteiger partial charge on any atom is 0.144 e. The summed E-state index contributed by atoms with van der Waals surface area (Å²) in [5, 5.41) is 13.1. The van der Waals surface area contributed by atoms with E-state index in [0.29, 0.717) is 21.8 Å². The van der Waals surface area contributed by atoms with Gasteiger partial charge in [0.05, 0.1) is 10.0 Å². The minimum Gasteiger partial charge on any atom is -0.396 e. The zero-order valence-corrected chi connectivity index (χ0v) is 10.7. The van der Waals surface area contributed by atoms with Gasteiger partial charge in [-0.2, -0.15) is 0 Å². The number of halogens is 2. The lowest BCUT2D eigenvalue weighted by Gasteiger charge is -2.15. The van der Waals surface area contributed by atoms with Crippen LogP contribution in [0.15, 0.2) is 12.3 Å². The van der Waals surface area contributed by atoms with Crippen LogP contribution in [0.25, 0.3) is 0 Å². The number of hydrogen-bond donors (Lipinski definition) is 2. The molecule has 0 spiro atoms. The van der Waals surface area contributed by atoms with Crippen molar-refractivity contribution in [3.63, 3.8) is 0 Å². The lowest BCUT2D eigenvalue weighted by Crippen LogP contribution is -2.15. The summed E-state index contributed by atoms with van der Waals surface area (Å²) in [6.07, 6.45) is 3.36. The molecular weight excluding hydrogens is 247 g/mol. The number of pyridine rings is 1. The van der Waals surface area contributed by atoms with Gasteiger partial charge in [0.2, 0.25) is 0 Å². The SMILES string of the molecule is CCC(CCO)CNc1ncc(Cl)cc1Cl. The first kappa shape index (κ1) is 13.6. The van der Waals surface area contributed by atoms with Crippen molar-refractivity contribution in [2.24, 2.45) is 5.92 Å². The zero-order chi connectivity index (χ0) is 12.0. The van der Waals surface area contributed by atoms with Crippen LogP contribution in [0, 0.1) is 5.92 Å². The second kappa shape index (κ2) is 6.94. The average molecular weight is 263 g/mol. The number of aliphatic hydroxyl groups excluding tert-OH is 1. The van der Waals surface area contributed by atoms with Crippen molar-refractivity contribution in [2.75, 3.05) is 18.5 Å². The highest BCUT2D eigenvalue weighted by atomic mass is 35.5. The van der Waals surface area contributed by atoms with E-state index in [0.717, 1.165) is 19.4 Å². The molecule has 1 aromatic rings. The number of nitrogens with zero attached hydrogens (tertiary/aromatic N) is 1. The lowest BCUT2D eigenvalue weighted by molar-refractivity contribution is 0.258. The molecule has 3 nitrogen and oxygen atoms in total. The minimum atomic E-state index is 0.210. The van der Waals surface area contributed by atoms with Gasteiger partial charge in [-0.05, 0) is 18.4 Å². The van der Waals surface area contributed by atoms with Gasteiger partial charge in [-0.15, -0.1) is 0 Å². The monoisotopic (exact) mass is 262 g/mol. The van der Waals surface area contributed by atoms with Crippen LogP contribution in [0.4, 0.5) is 5.82 Å². The maximum atomic E-state index is 8.87. The number of hydrogen-bond acceptors (Lipinski definition) is 3. The number of nitrogens with one attached hydrogen (secondary N) is 1. The molecule has 1 heterocycles. The molecule has 0 aliphatic carbocycles. The van der Waals surface area contributed by atoms with Crippen molar-refractivity contribution in [3.05, 3.63) is 22.3 Å². The Morgan fingerprint density at radius 1 is 1.50 bits per heavy atom. The number of aliphatic hydroxyl groups is 1. The zero-order valence-electron chi connectivity index (χ0n) is 9.21. The van der Waals surface area contributed by atoms with Crippen LogP contribution in [0.5, 0.6) is 0 Å². The normalized spacial score (nSPS) is 12.5. The van der Waals surface area contributed by atoms with E-state index in [1.54, 1.807) is 12.3 Å². The standard InChI is InChI=1S/C11H16Cl2N2O/c1-2-8(3-4-16)6-14-11-10(13)5-9(12)7-15-11/h5,7-8,16H,2-4,6H2,1H3,(H,14,15). The van der Waals surface area contributed by atoms with Crippen LogP contribution in [0.1, 0.15) is 19.8 Å². The first-order chi connectivity index (χ1) is 7.67. The van der Waals surface area contributed by atoms with Crippen molar-refractivity contribution in [2.45, 2.75) is 19.8 Å². The molecule has 0 aromatic carbocycles. The molecule has 0 amide bonds. The van der Waals surface area contributed by atoms with Crippen LogP contribution >= 0.6 is 23.2 Å². The Labute approximate surface area is 106 Å². The Hall–Kier alpha value is -0.510. The Bertz CT molecular complexity index is 334. The van der Waals surface area contributed by atoms with Gasteiger partial charge in [0.1, 0.15) is 5.82 Å². The molecule has 1 rings (SSSR count). The van der Waals surface area contributed by atoms with Gasteiger partial charge < -0.3 is 10.4 Å². The van der Waals surface area contributed by atoms with E-state index in [1.165, 1.54) is 0 Å². The largest absolute Gasteiger partial charge is 0.396 e. The molecule has 1 unspecified atom stereocenters. The fraction of sp³-hybridized carbons (Fsp3) is 0.545. The van der Waals surface area contributed by atoms with E-state index in [-0.39, 0.29) is 6.61 Å². The molecule has 0 saturated heterocycles. The fourth-order valence-electron chi connectivity index (χ4n) is 1.42. The quantitative estimate of drug-likeness (QED) is 0.828. The molecule has 5 heteroatoms. The van der Waals surface area contributed by atoms with Crippen molar-refractivity contribution in [3.8, 4) is 0 Å². The Morgan fingerprint density at radius 3 is 2.81 bits per heavy atom. The van der Waals surface area contributed by atoms with E-state index < -0.39 is 0 Å². The summed E-state index contributed by atoms with van der Waals surface area (Å²) in [7, 11) is 0. The first-order valence-corrected chi connectivity index (χ1v) is 6.08. The van der Waals surface area contributed by atoms with Crippen molar-refractivity contribution < 1.29 is 5.11 Å². The minimum absolute atomic E-state index is 0.210. The Kier molecular flexibility index (Phi) is 5.88. The molecule has 2 N–H and O–H groups in total.